The molecule has 0 unspecified atom stereocenters. The van der Waals surface area contributed by atoms with E-state index in [0.717, 1.165) is 77.0 Å². The summed E-state index contributed by atoms with van der Waals surface area (Å²) in [6.45, 7) is 12.3. The van der Waals surface area contributed by atoms with Crippen LogP contribution in [0.3, 0.4) is 0 Å². The number of unbranched alkanes of at least 4 members (excludes halogenated alkanes) is 56. The van der Waals surface area contributed by atoms with Crippen molar-refractivity contribution in [1.29, 1.82) is 0 Å². The molecule has 0 rings (SSSR count). The lowest BCUT2D eigenvalue weighted by atomic mass is 9.90. The normalized spacial score (nSPS) is 11.8. The molecule has 0 bridgehead atoms. The first-order valence-electron chi connectivity index (χ1n) is 38.4. The van der Waals surface area contributed by atoms with Crippen molar-refractivity contribution < 1.29 is 38.1 Å². The second-order valence-corrected chi connectivity index (χ2v) is 27.3. The minimum Gasteiger partial charge on any atom is -0.465 e. The van der Waals surface area contributed by atoms with Gasteiger partial charge in [0.15, 0.2) is 0 Å². The number of esters is 4. The Bertz CT molecular complexity index is 1310. The van der Waals surface area contributed by atoms with Gasteiger partial charge >= 0.3 is 29.9 Å². The van der Waals surface area contributed by atoms with Gasteiger partial charge in [0.05, 0.1) is 0 Å². The predicted molar refractivity (Wildman–Crippen MR) is 364 cm³/mol. The van der Waals surface area contributed by atoms with Crippen molar-refractivity contribution >= 4 is 23.9 Å². The minimum absolute atomic E-state index is 0.113. The number of hydrogen-bond donors (Lipinski definition) is 0. The van der Waals surface area contributed by atoms with Gasteiger partial charge in [-0.25, -0.2) is 0 Å². The Labute approximate surface area is 530 Å². The zero-order chi connectivity index (χ0) is 62.1. The van der Waals surface area contributed by atoms with Crippen LogP contribution in [0.1, 0.15) is 452 Å². The molecule has 0 aromatic carbocycles. The summed E-state index contributed by atoms with van der Waals surface area (Å²) in [5.41, 5.74) is -1.39. The van der Waals surface area contributed by atoms with Crippen LogP contribution in [0.15, 0.2) is 0 Å². The van der Waals surface area contributed by atoms with Crippen LogP contribution in [-0.4, -0.2) is 36.5 Å². The van der Waals surface area contributed by atoms with Gasteiger partial charge in [0, 0.05) is 25.7 Å². The Morgan fingerprint density at radius 2 is 0.353 bits per heavy atom. The largest absolute Gasteiger partial charge is 0.465 e. The first-order chi connectivity index (χ1) is 41.6. The van der Waals surface area contributed by atoms with Gasteiger partial charge in [0.25, 0.3) is 0 Å². The SMILES string of the molecule is CCCCCCCCCCCCCCCCCC(=O)OCC(C)(C)C(OC(=O)CCCCCCCCCCCCCCCCC)(OC(=O)CCCCCCCCCCCCCCCCC)OC(=O)CCCCCCCCCCCCCCCCC. The molecule has 8 heteroatoms. The number of ether oxygens (including phenoxy) is 4. The number of carbonyl (C=O) groups excluding carboxylic acids is 4. The summed E-state index contributed by atoms with van der Waals surface area (Å²) in [7, 11) is 0. The summed E-state index contributed by atoms with van der Waals surface area (Å²) in [5, 5.41) is 0. The van der Waals surface area contributed by atoms with Crippen molar-refractivity contribution in [2.24, 2.45) is 5.41 Å². The Kier molecular flexibility index (Phi) is 63.2. The molecular weight excluding hydrogens is 1050 g/mol. The first-order valence-corrected chi connectivity index (χ1v) is 38.4. The van der Waals surface area contributed by atoms with Crippen LogP contribution < -0.4 is 0 Å². The molecule has 0 heterocycles. The van der Waals surface area contributed by atoms with Crippen LogP contribution >= 0.6 is 0 Å². The highest BCUT2D eigenvalue weighted by Gasteiger charge is 2.58. The lowest BCUT2D eigenvalue weighted by Crippen LogP contribution is -2.57. The molecule has 0 amide bonds. The number of rotatable bonds is 70. The van der Waals surface area contributed by atoms with Crippen molar-refractivity contribution in [3.63, 3.8) is 0 Å². The van der Waals surface area contributed by atoms with Gasteiger partial charge in [-0.3, -0.25) is 19.2 Å². The number of hydrogen-bond acceptors (Lipinski definition) is 8. The fourth-order valence-corrected chi connectivity index (χ4v) is 12.1. The average molecular weight is 1200 g/mol. The van der Waals surface area contributed by atoms with Crippen LogP contribution in [0.4, 0.5) is 0 Å². The lowest BCUT2D eigenvalue weighted by molar-refractivity contribution is -0.377. The molecule has 0 aromatic rings. The van der Waals surface area contributed by atoms with Crippen LogP contribution in [0, 0.1) is 5.41 Å². The maximum absolute atomic E-state index is 14.0. The standard InChI is InChI=1S/C77H148O8/c1-7-11-15-19-23-27-31-35-39-43-47-51-55-59-63-67-72(78)82-71-76(5,6)77(83-73(79)68-64-60-56-52-48-44-40-36-32-28-24-20-16-12-8-2,84-74(80)69-65-61-57-53-49-45-41-37-33-29-25-21-17-13-9-3)85-75(81)70-66-62-58-54-50-46-42-38-34-30-26-22-18-14-10-4/h7-71H2,1-6H3. The van der Waals surface area contributed by atoms with Gasteiger partial charge < -0.3 is 18.9 Å². The fourth-order valence-electron chi connectivity index (χ4n) is 12.1. The molecule has 0 aliphatic heterocycles. The highest BCUT2D eigenvalue weighted by Crippen LogP contribution is 2.39. The topological polar surface area (TPSA) is 105 Å². The molecule has 0 radical (unpaired) electrons. The van der Waals surface area contributed by atoms with Gasteiger partial charge in [-0.2, -0.15) is 0 Å². The third-order valence-corrected chi connectivity index (χ3v) is 18.1. The van der Waals surface area contributed by atoms with Crippen molar-refractivity contribution in [3.05, 3.63) is 0 Å². The Balaban J connectivity index is 5.66. The van der Waals surface area contributed by atoms with Gasteiger partial charge in [0.2, 0.25) is 0 Å². The summed E-state index contributed by atoms with van der Waals surface area (Å²) < 4.78 is 24.6. The van der Waals surface area contributed by atoms with Crippen molar-refractivity contribution in [2.75, 3.05) is 6.61 Å². The van der Waals surface area contributed by atoms with Crippen LogP contribution in [-0.2, 0) is 38.1 Å². The van der Waals surface area contributed by atoms with E-state index in [1.807, 2.05) is 0 Å². The fraction of sp³-hybridized carbons (Fsp3) is 0.948. The van der Waals surface area contributed by atoms with Crippen LogP contribution in [0.5, 0.6) is 0 Å². The molecule has 8 nitrogen and oxygen atoms in total. The maximum atomic E-state index is 14.0. The van der Waals surface area contributed by atoms with E-state index in [4.69, 9.17) is 18.9 Å². The van der Waals surface area contributed by atoms with Gasteiger partial charge in [-0.05, 0) is 39.5 Å². The van der Waals surface area contributed by atoms with Crippen molar-refractivity contribution in [1.82, 2.24) is 0 Å². The minimum atomic E-state index is -2.38. The summed E-state index contributed by atoms with van der Waals surface area (Å²) in [4.78, 5) is 55.4. The van der Waals surface area contributed by atoms with E-state index < -0.39 is 29.3 Å². The molecule has 85 heavy (non-hydrogen) atoms. The third kappa shape index (κ3) is 56.8. The maximum Gasteiger partial charge on any atom is 0.432 e. The van der Waals surface area contributed by atoms with E-state index in [0.29, 0.717) is 19.3 Å². The van der Waals surface area contributed by atoms with E-state index in [2.05, 4.69) is 27.7 Å². The highest BCUT2D eigenvalue weighted by molar-refractivity contribution is 5.74. The van der Waals surface area contributed by atoms with E-state index >= 15 is 0 Å². The average Bonchev–Trinajstić information content (AvgIpc) is 2.56. The second kappa shape index (κ2) is 64.9. The molecule has 0 fully saturated rings. The lowest BCUT2D eigenvalue weighted by Gasteiger charge is -2.41. The molecule has 0 spiro atoms. The molecular formula is C77H148O8. The number of carbonyl (C=O) groups is 4. The molecule has 0 saturated carbocycles. The van der Waals surface area contributed by atoms with E-state index in [1.54, 1.807) is 13.8 Å². The molecule has 0 aliphatic carbocycles. The van der Waals surface area contributed by atoms with E-state index in [-0.39, 0.29) is 38.3 Å². The third-order valence-electron chi connectivity index (χ3n) is 18.1. The van der Waals surface area contributed by atoms with Gasteiger partial charge in [-0.15, -0.1) is 0 Å². The second-order valence-electron chi connectivity index (χ2n) is 27.3. The summed E-state index contributed by atoms with van der Waals surface area (Å²) in [5.74, 6) is -4.47. The summed E-state index contributed by atoms with van der Waals surface area (Å²) >= 11 is 0. The molecule has 0 saturated heterocycles. The smallest absolute Gasteiger partial charge is 0.432 e. The Hall–Kier alpha value is -2.12. The van der Waals surface area contributed by atoms with E-state index in [9.17, 15) is 19.2 Å². The molecule has 504 valence electrons. The molecule has 0 aromatic heterocycles. The van der Waals surface area contributed by atoms with Gasteiger partial charge in [0.1, 0.15) is 12.0 Å². The highest BCUT2D eigenvalue weighted by atomic mass is 16.9. The summed E-state index contributed by atoms with van der Waals surface area (Å²) in [6.07, 6.45) is 74.2. The van der Waals surface area contributed by atoms with E-state index in [1.165, 1.54) is 289 Å². The molecule has 0 aliphatic rings. The van der Waals surface area contributed by atoms with Crippen LogP contribution in [0.2, 0.25) is 0 Å². The van der Waals surface area contributed by atoms with Gasteiger partial charge in [-0.1, -0.05) is 387 Å². The van der Waals surface area contributed by atoms with Crippen molar-refractivity contribution in [3.8, 4) is 0 Å². The Morgan fingerprint density at radius 1 is 0.212 bits per heavy atom. The quantitative estimate of drug-likeness (QED) is 0.0337. The van der Waals surface area contributed by atoms with Crippen LogP contribution in [0.25, 0.3) is 0 Å². The first kappa shape index (κ1) is 82.9. The monoisotopic (exact) mass is 1200 g/mol. The van der Waals surface area contributed by atoms with Crippen molar-refractivity contribution in [2.45, 2.75) is 458 Å². The molecule has 0 atom stereocenters. The zero-order valence-electron chi connectivity index (χ0n) is 58.2. The zero-order valence-corrected chi connectivity index (χ0v) is 58.2. The molecule has 0 N–H and O–H groups in total. The predicted octanol–water partition coefficient (Wildman–Crippen LogP) is 25.9. The Morgan fingerprint density at radius 3 is 0.518 bits per heavy atom. The summed E-state index contributed by atoms with van der Waals surface area (Å²) in [6, 6.07) is 0.